The maximum absolute atomic E-state index is 6.17. The average Bonchev–Trinajstić information content (AvgIpc) is 3.22. The third kappa shape index (κ3) is 6.48. The van der Waals surface area contributed by atoms with Gasteiger partial charge in [0.15, 0.2) is 5.11 Å². The van der Waals surface area contributed by atoms with Gasteiger partial charge in [-0.25, -0.2) is 0 Å². The third-order valence-corrected chi connectivity index (χ3v) is 9.05. The molecule has 8 heteroatoms. The Labute approximate surface area is 232 Å². The van der Waals surface area contributed by atoms with Crippen molar-refractivity contribution in [1.82, 2.24) is 15.3 Å². The van der Waals surface area contributed by atoms with Crippen LogP contribution in [0.15, 0.2) is 30.3 Å². The van der Waals surface area contributed by atoms with Crippen LogP contribution in [0, 0.1) is 0 Å². The maximum Gasteiger partial charge on any atom is 0.232 e. The Morgan fingerprint density at radius 1 is 0.946 bits per heavy atom. The van der Waals surface area contributed by atoms with Crippen LogP contribution in [-0.4, -0.2) is 47.3 Å². The van der Waals surface area contributed by atoms with Gasteiger partial charge in [0, 0.05) is 48.7 Å². The summed E-state index contributed by atoms with van der Waals surface area (Å²) in [5, 5.41) is 8.25. The van der Waals surface area contributed by atoms with Gasteiger partial charge in [-0.1, -0.05) is 49.4 Å². The molecule has 1 saturated carbocycles. The minimum Gasteiger partial charge on any atom is -0.361 e. The van der Waals surface area contributed by atoms with Gasteiger partial charge in [0.1, 0.15) is 11.6 Å². The second-order valence-electron chi connectivity index (χ2n) is 11.1. The standard InChI is InChI=1S/C29H41ClN6S/c1-22-10-4-9-19-36(22)26-20-25(35-17-7-2-3-8-18-35)32-27(33-26)34-28(37)31-21-29(15-5-6-16-29)23-11-13-24(30)14-12-23/h11-14,20,22H,2-10,15-19,21H2,1H3,(H2,31,32,33,34,37)/t22-/m0/s1. The van der Waals surface area contributed by atoms with E-state index in [1.807, 2.05) is 12.1 Å². The molecule has 3 fully saturated rings. The smallest absolute Gasteiger partial charge is 0.232 e. The molecule has 200 valence electrons. The van der Waals surface area contributed by atoms with E-state index in [9.17, 15) is 0 Å². The van der Waals surface area contributed by atoms with E-state index in [-0.39, 0.29) is 5.41 Å². The second kappa shape index (κ2) is 12.2. The molecular weight excluding hydrogens is 500 g/mol. The molecule has 6 nitrogen and oxygen atoms in total. The van der Waals surface area contributed by atoms with E-state index in [1.54, 1.807) is 0 Å². The van der Waals surface area contributed by atoms with Crippen molar-refractivity contribution in [1.29, 1.82) is 0 Å². The Morgan fingerprint density at radius 3 is 2.32 bits per heavy atom. The van der Waals surface area contributed by atoms with Gasteiger partial charge in [-0.05, 0) is 81.8 Å². The lowest BCUT2D eigenvalue weighted by Gasteiger charge is -2.35. The summed E-state index contributed by atoms with van der Waals surface area (Å²) in [5.41, 5.74) is 1.42. The number of thiocarbonyl (C=S) groups is 1. The van der Waals surface area contributed by atoms with E-state index in [1.165, 1.54) is 63.4 Å². The van der Waals surface area contributed by atoms with Gasteiger partial charge in [-0.3, -0.25) is 0 Å². The fraction of sp³-hybridized carbons (Fsp3) is 0.621. The molecule has 37 heavy (non-hydrogen) atoms. The number of aromatic nitrogens is 2. The van der Waals surface area contributed by atoms with Crippen LogP contribution >= 0.6 is 23.8 Å². The zero-order chi connectivity index (χ0) is 25.7. The van der Waals surface area contributed by atoms with Crippen LogP contribution in [0.25, 0.3) is 0 Å². The lowest BCUT2D eigenvalue weighted by molar-refractivity contribution is 0.435. The number of piperidine rings is 1. The summed E-state index contributed by atoms with van der Waals surface area (Å²) in [6.07, 6.45) is 13.5. The summed E-state index contributed by atoms with van der Waals surface area (Å²) in [5.74, 6) is 2.63. The van der Waals surface area contributed by atoms with Crippen molar-refractivity contribution in [3.05, 3.63) is 40.9 Å². The minimum absolute atomic E-state index is 0.0828. The van der Waals surface area contributed by atoms with Crippen molar-refractivity contribution < 1.29 is 0 Å². The monoisotopic (exact) mass is 540 g/mol. The highest BCUT2D eigenvalue weighted by molar-refractivity contribution is 7.80. The van der Waals surface area contributed by atoms with Crippen molar-refractivity contribution in [2.75, 3.05) is 41.3 Å². The average molecular weight is 541 g/mol. The van der Waals surface area contributed by atoms with E-state index < -0.39 is 0 Å². The number of anilines is 3. The fourth-order valence-corrected chi connectivity index (χ4v) is 6.63. The van der Waals surface area contributed by atoms with Crippen molar-refractivity contribution in [3.63, 3.8) is 0 Å². The number of benzene rings is 1. The number of hydrogen-bond acceptors (Lipinski definition) is 5. The molecule has 3 heterocycles. The molecule has 1 atom stereocenters. The van der Waals surface area contributed by atoms with Gasteiger partial charge in [-0.15, -0.1) is 0 Å². The summed E-state index contributed by atoms with van der Waals surface area (Å²) in [7, 11) is 0. The molecule has 3 aliphatic rings. The van der Waals surface area contributed by atoms with Gasteiger partial charge >= 0.3 is 0 Å². The normalized spacial score (nSPS) is 21.9. The fourth-order valence-electron chi connectivity index (χ4n) is 6.34. The van der Waals surface area contributed by atoms with E-state index in [2.05, 4.69) is 45.6 Å². The minimum atomic E-state index is 0.0828. The van der Waals surface area contributed by atoms with E-state index in [4.69, 9.17) is 33.8 Å². The molecule has 2 aliphatic heterocycles. The van der Waals surface area contributed by atoms with Crippen LogP contribution < -0.4 is 20.4 Å². The van der Waals surface area contributed by atoms with Crippen LogP contribution in [0.3, 0.4) is 0 Å². The van der Waals surface area contributed by atoms with Crippen LogP contribution in [0.1, 0.15) is 83.1 Å². The van der Waals surface area contributed by atoms with Gasteiger partial charge < -0.3 is 20.4 Å². The Bertz CT molecular complexity index is 1050. The van der Waals surface area contributed by atoms with Crippen LogP contribution in [-0.2, 0) is 5.41 Å². The first kappa shape index (κ1) is 26.5. The topological polar surface area (TPSA) is 56.3 Å². The quantitative estimate of drug-likeness (QED) is 0.396. The molecule has 5 rings (SSSR count). The summed E-state index contributed by atoms with van der Waals surface area (Å²) >= 11 is 12.0. The molecule has 0 unspecified atom stereocenters. The van der Waals surface area contributed by atoms with Crippen molar-refractivity contribution in [3.8, 4) is 0 Å². The Kier molecular flexibility index (Phi) is 8.71. The first-order valence-electron chi connectivity index (χ1n) is 14.2. The lowest BCUT2D eigenvalue weighted by Crippen LogP contribution is -2.41. The van der Waals surface area contributed by atoms with Crippen LogP contribution in [0.2, 0.25) is 5.02 Å². The molecule has 0 bridgehead atoms. The first-order valence-corrected chi connectivity index (χ1v) is 15.0. The van der Waals surface area contributed by atoms with Gasteiger partial charge in [0.2, 0.25) is 5.95 Å². The van der Waals surface area contributed by atoms with Gasteiger partial charge in [-0.2, -0.15) is 9.97 Å². The first-order chi connectivity index (χ1) is 18.0. The van der Waals surface area contributed by atoms with Crippen molar-refractivity contribution in [2.45, 2.75) is 89.0 Å². The largest absolute Gasteiger partial charge is 0.361 e. The van der Waals surface area contributed by atoms with E-state index in [0.717, 1.165) is 55.7 Å². The predicted octanol–water partition coefficient (Wildman–Crippen LogP) is 6.69. The number of hydrogen-bond donors (Lipinski definition) is 2. The molecule has 2 saturated heterocycles. The molecule has 2 N–H and O–H groups in total. The molecule has 1 aliphatic carbocycles. The number of nitrogens with zero attached hydrogens (tertiary/aromatic N) is 4. The van der Waals surface area contributed by atoms with Gasteiger partial charge in [0.05, 0.1) is 0 Å². The number of rotatable bonds is 6. The summed E-state index contributed by atoms with van der Waals surface area (Å²) in [6, 6.07) is 11.0. The summed E-state index contributed by atoms with van der Waals surface area (Å²) in [6.45, 7) is 6.26. The lowest BCUT2D eigenvalue weighted by atomic mass is 9.79. The van der Waals surface area contributed by atoms with Crippen LogP contribution in [0.4, 0.5) is 17.6 Å². The van der Waals surface area contributed by atoms with E-state index >= 15 is 0 Å². The highest BCUT2D eigenvalue weighted by atomic mass is 35.5. The highest BCUT2D eigenvalue weighted by Crippen LogP contribution is 2.41. The molecule has 0 amide bonds. The summed E-state index contributed by atoms with van der Waals surface area (Å²) < 4.78 is 0. The third-order valence-electron chi connectivity index (χ3n) is 8.56. The zero-order valence-electron chi connectivity index (χ0n) is 22.1. The molecule has 0 spiro atoms. The molecule has 0 radical (unpaired) electrons. The number of nitrogens with one attached hydrogen (secondary N) is 2. The number of halogens is 1. The van der Waals surface area contributed by atoms with Crippen molar-refractivity contribution in [2.24, 2.45) is 0 Å². The zero-order valence-corrected chi connectivity index (χ0v) is 23.7. The Balaban J connectivity index is 1.33. The van der Waals surface area contributed by atoms with Crippen molar-refractivity contribution >= 4 is 46.5 Å². The predicted molar refractivity (Wildman–Crippen MR) is 159 cm³/mol. The van der Waals surface area contributed by atoms with E-state index in [0.29, 0.717) is 17.1 Å². The second-order valence-corrected chi connectivity index (χ2v) is 12.0. The SMILES string of the molecule is C[C@H]1CCCCN1c1cc(N2CCCCCC2)nc(NC(=S)NCC2(c3ccc(Cl)cc3)CCCC2)n1. The molecule has 2 aromatic rings. The Hall–Kier alpha value is -2.12. The van der Waals surface area contributed by atoms with Gasteiger partial charge in [0.25, 0.3) is 0 Å². The molecular formula is C29H41ClN6S. The summed E-state index contributed by atoms with van der Waals surface area (Å²) in [4.78, 5) is 14.8. The maximum atomic E-state index is 6.17. The molecule has 1 aromatic carbocycles. The highest BCUT2D eigenvalue weighted by Gasteiger charge is 2.35. The Morgan fingerprint density at radius 2 is 1.62 bits per heavy atom. The molecule has 1 aromatic heterocycles. The van der Waals surface area contributed by atoms with Crippen LogP contribution in [0.5, 0.6) is 0 Å².